The van der Waals surface area contributed by atoms with Crippen molar-refractivity contribution < 1.29 is 0 Å². The van der Waals surface area contributed by atoms with Crippen LogP contribution in [0.3, 0.4) is 0 Å². The van der Waals surface area contributed by atoms with E-state index in [0.29, 0.717) is 0 Å². The fourth-order valence-electron chi connectivity index (χ4n) is 2.27. The van der Waals surface area contributed by atoms with Crippen LogP contribution in [0.4, 0.5) is 0 Å². The molecule has 0 radical (unpaired) electrons. The van der Waals surface area contributed by atoms with E-state index in [9.17, 15) is 0 Å². The van der Waals surface area contributed by atoms with Gasteiger partial charge in [0, 0.05) is 19.6 Å². The zero-order chi connectivity index (χ0) is 14.1. The molecule has 0 fully saturated rings. The summed E-state index contributed by atoms with van der Waals surface area (Å²) in [5.74, 6) is 0. The lowest BCUT2D eigenvalue weighted by Gasteiger charge is -2.11. The minimum Gasteiger partial charge on any atom is -0.135 e. The highest BCUT2D eigenvalue weighted by Crippen LogP contribution is 2.52. The second kappa shape index (κ2) is 5.76. The maximum Gasteiger partial charge on any atom is 0.0433 e. The van der Waals surface area contributed by atoms with Crippen molar-refractivity contribution in [3.8, 4) is 10.4 Å². The third-order valence-corrected chi connectivity index (χ3v) is 7.05. The molecular formula is C18H12S3. The van der Waals surface area contributed by atoms with Crippen LogP contribution in [0.2, 0.25) is 0 Å². The Morgan fingerprint density at radius 1 is 0.667 bits per heavy atom. The average Bonchev–Trinajstić information content (AvgIpc) is 2.99. The summed E-state index contributed by atoms with van der Waals surface area (Å²) < 4.78 is 0. The van der Waals surface area contributed by atoms with E-state index in [1.807, 2.05) is 32.9 Å². The Morgan fingerprint density at radius 2 is 1.33 bits per heavy atom. The maximum absolute atomic E-state index is 2.32. The van der Waals surface area contributed by atoms with Gasteiger partial charge in [0.25, 0.3) is 0 Å². The molecule has 0 saturated heterocycles. The summed E-state index contributed by atoms with van der Waals surface area (Å²) in [4.78, 5) is 5.44. The van der Waals surface area contributed by atoms with Gasteiger partial charge in [0.2, 0.25) is 0 Å². The van der Waals surface area contributed by atoms with Crippen molar-refractivity contribution in [1.29, 1.82) is 0 Å². The monoisotopic (exact) mass is 324 g/mol. The molecule has 3 heteroatoms. The summed E-state index contributed by atoms with van der Waals surface area (Å²) in [5, 5.41) is 0. The van der Waals surface area contributed by atoms with Gasteiger partial charge in [-0.15, -0.1) is 11.3 Å². The van der Waals surface area contributed by atoms with Gasteiger partial charge in [-0.2, -0.15) is 0 Å². The zero-order valence-electron chi connectivity index (χ0n) is 11.2. The van der Waals surface area contributed by atoms with Crippen molar-refractivity contribution >= 4 is 43.9 Å². The second-order valence-electron chi connectivity index (χ2n) is 4.75. The Morgan fingerprint density at radius 3 is 2.05 bits per heavy atom. The van der Waals surface area contributed by atoms with Gasteiger partial charge in [0.15, 0.2) is 0 Å². The van der Waals surface area contributed by atoms with E-state index in [1.165, 1.54) is 30.7 Å². The number of hydrogen-bond donors (Lipinski definition) is 0. The standard InChI is InChI=1S/C18H12S3/c1-3-7-13(8-4-1)15-11-18-17(19-15)12-16(20-21-18)14-9-5-2-6-10-14/h1-12H. The van der Waals surface area contributed by atoms with Crippen LogP contribution >= 0.6 is 32.9 Å². The molecular weight excluding hydrogens is 312 g/mol. The highest BCUT2D eigenvalue weighted by molar-refractivity contribution is 8.80. The quantitative estimate of drug-likeness (QED) is 0.483. The number of hydrogen-bond acceptors (Lipinski definition) is 3. The van der Waals surface area contributed by atoms with Crippen LogP contribution in [0.5, 0.6) is 0 Å². The fraction of sp³-hybridized carbons (Fsp3) is 0. The van der Waals surface area contributed by atoms with Crippen molar-refractivity contribution in [2.75, 3.05) is 0 Å². The molecule has 0 saturated carbocycles. The van der Waals surface area contributed by atoms with E-state index < -0.39 is 0 Å². The largest absolute Gasteiger partial charge is 0.135 e. The lowest BCUT2D eigenvalue weighted by atomic mass is 10.2. The summed E-state index contributed by atoms with van der Waals surface area (Å²) in [6.45, 7) is 0. The summed E-state index contributed by atoms with van der Waals surface area (Å²) in [6, 6.07) is 23.5. The molecule has 0 nitrogen and oxygen atoms in total. The van der Waals surface area contributed by atoms with E-state index in [2.05, 4.69) is 72.8 Å². The molecule has 0 N–H and O–H groups in total. The molecule has 0 spiro atoms. The first-order valence-electron chi connectivity index (χ1n) is 6.71. The minimum atomic E-state index is 1.30. The SMILES string of the molecule is C1=C(c2ccccc2)SSc2cc(-c3ccccc3)sc21. The number of benzene rings is 2. The summed E-state index contributed by atoms with van der Waals surface area (Å²) in [7, 11) is 3.72. The topological polar surface area (TPSA) is 0 Å². The molecule has 21 heavy (non-hydrogen) atoms. The summed E-state index contributed by atoms with van der Waals surface area (Å²) in [6.07, 6.45) is 2.32. The Balaban J connectivity index is 1.73. The first-order chi connectivity index (χ1) is 10.4. The first kappa shape index (κ1) is 13.3. The normalized spacial score (nSPS) is 13.6. The molecule has 1 aromatic heterocycles. The Kier molecular flexibility index (Phi) is 3.63. The first-order valence-corrected chi connectivity index (χ1v) is 9.68. The molecule has 2 heterocycles. The minimum absolute atomic E-state index is 1.30. The number of thiophene rings is 1. The van der Waals surface area contributed by atoms with Gasteiger partial charge in [-0.3, -0.25) is 0 Å². The lowest BCUT2D eigenvalue weighted by molar-refractivity contribution is 1.56. The van der Waals surface area contributed by atoms with Crippen LogP contribution in [-0.4, -0.2) is 0 Å². The van der Waals surface area contributed by atoms with E-state index >= 15 is 0 Å². The molecule has 4 rings (SSSR count). The van der Waals surface area contributed by atoms with Gasteiger partial charge < -0.3 is 0 Å². The summed E-state index contributed by atoms with van der Waals surface area (Å²) >= 11 is 1.88. The maximum atomic E-state index is 2.32. The van der Waals surface area contributed by atoms with E-state index in [4.69, 9.17) is 0 Å². The van der Waals surface area contributed by atoms with Crippen LogP contribution in [0.1, 0.15) is 10.4 Å². The van der Waals surface area contributed by atoms with Gasteiger partial charge in [0.1, 0.15) is 0 Å². The predicted octanol–water partition coefficient (Wildman–Crippen LogP) is 6.67. The molecule has 0 aliphatic carbocycles. The molecule has 2 aromatic carbocycles. The molecule has 1 aliphatic heterocycles. The van der Waals surface area contributed by atoms with E-state index in [1.54, 1.807) is 0 Å². The van der Waals surface area contributed by atoms with Crippen LogP contribution < -0.4 is 0 Å². The van der Waals surface area contributed by atoms with Crippen LogP contribution in [0.15, 0.2) is 71.6 Å². The number of rotatable bonds is 2. The van der Waals surface area contributed by atoms with Gasteiger partial charge in [0.05, 0.1) is 0 Å². The smallest absolute Gasteiger partial charge is 0.0433 e. The Labute approximate surface area is 136 Å². The zero-order valence-corrected chi connectivity index (χ0v) is 13.6. The van der Waals surface area contributed by atoms with Crippen molar-refractivity contribution in [3.05, 3.63) is 77.2 Å². The van der Waals surface area contributed by atoms with E-state index in [0.717, 1.165) is 0 Å². The Hall–Kier alpha value is -1.42. The molecule has 1 aliphatic rings. The van der Waals surface area contributed by atoms with Crippen LogP contribution in [-0.2, 0) is 0 Å². The molecule has 3 aromatic rings. The van der Waals surface area contributed by atoms with Crippen LogP contribution in [0.25, 0.3) is 21.4 Å². The van der Waals surface area contributed by atoms with Crippen molar-refractivity contribution in [3.63, 3.8) is 0 Å². The lowest BCUT2D eigenvalue weighted by Crippen LogP contribution is -1.81. The van der Waals surface area contributed by atoms with Gasteiger partial charge in [-0.1, -0.05) is 82.3 Å². The highest BCUT2D eigenvalue weighted by atomic mass is 33.1. The Bertz CT molecular complexity index is 786. The second-order valence-corrected chi connectivity index (χ2v) is 8.04. The third kappa shape index (κ3) is 2.69. The van der Waals surface area contributed by atoms with Crippen molar-refractivity contribution in [2.24, 2.45) is 0 Å². The molecule has 0 unspecified atom stereocenters. The highest BCUT2D eigenvalue weighted by Gasteiger charge is 2.17. The molecule has 102 valence electrons. The number of fused-ring (bicyclic) bond motifs is 1. The van der Waals surface area contributed by atoms with Gasteiger partial charge in [-0.05, 0) is 23.3 Å². The average molecular weight is 324 g/mol. The van der Waals surface area contributed by atoms with Gasteiger partial charge in [-0.25, -0.2) is 0 Å². The third-order valence-electron chi connectivity index (χ3n) is 3.32. The molecule has 0 bridgehead atoms. The van der Waals surface area contributed by atoms with Gasteiger partial charge >= 0.3 is 0 Å². The van der Waals surface area contributed by atoms with Crippen LogP contribution in [0, 0.1) is 0 Å². The van der Waals surface area contributed by atoms with E-state index in [-0.39, 0.29) is 0 Å². The summed E-state index contributed by atoms with van der Waals surface area (Å²) in [5.41, 5.74) is 2.60. The molecule has 0 atom stereocenters. The predicted molar refractivity (Wildman–Crippen MR) is 97.5 cm³/mol. The van der Waals surface area contributed by atoms with Crippen molar-refractivity contribution in [1.82, 2.24) is 0 Å². The van der Waals surface area contributed by atoms with Crippen molar-refractivity contribution in [2.45, 2.75) is 4.90 Å². The molecule has 0 amide bonds. The fourth-order valence-corrected chi connectivity index (χ4v) is 6.10.